The number of H-pyrrole nitrogens is 1. The Kier molecular flexibility index (Phi) is 4.44. The third kappa shape index (κ3) is 2.94. The van der Waals surface area contributed by atoms with Crippen LogP contribution in [0.2, 0.25) is 0 Å². The van der Waals surface area contributed by atoms with Crippen LogP contribution in [0.1, 0.15) is 0 Å². The number of aromatic nitrogens is 4. The maximum atomic E-state index is 12.6. The van der Waals surface area contributed by atoms with Crippen molar-refractivity contribution in [2.24, 2.45) is 0 Å². The quantitative estimate of drug-likeness (QED) is 0.574. The molecule has 0 aliphatic rings. The van der Waals surface area contributed by atoms with E-state index in [9.17, 15) is 4.79 Å². The van der Waals surface area contributed by atoms with Crippen LogP contribution in [0.3, 0.4) is 0 Å². The summed E-state index contributed by atoms with van der Waals surface area (Å²) in [6.45, 7) is 0. The molecule has 0 saturated heterocycles. The summed E-state index contributed by atoms with van der Waals surface area (Å²) in [4.78, 5) is 21.4. The number of nitrogens with zero attached hydrogens (tertiary/aromatic N) is 3. The predicted molar refractivity (Wildman–Crippen MR) is 104 cm³/mol. The lowest BCUT2D eigenvalue weighted by atomic mass is 10.1. The lowest BCUT2D eigenvalue weighted by Crippen LogP contribution is -2.14. The van der Waals surface area contributed by atoms with Crippen molar-refractivity contribution in [3.63, 3.8) is 0 Å². The lowest BCUT2D eigenvalue weighted by molar-refractivity contribution is 0.355. The summed E-state index contributed by atoms with van der Waals surface area (Å²) in [6, 6.07) is 12.3. The highest BCUT2D eigenvalue weighted by Gasteiger charge is 2.14. The number of ether oxygens (including phenoxy) is 3. The van der Waals surface area contributed by atoms with E-state index in [2.05, 4.69) is 15.1 Å². The van der Waals surface area contributed by atoms with E-state index in [4.69, 9.17) is 14.2 Å². The van der Waals surface area contributed by atoms with Gasteiger partial charge in [0.25, 0.3) is 5.56 Å². The Morgan fingerprint density at radius 2 is 1.79 bits per heavy atom. The molecular weight excluding hydrogens is 360 g/mol. The summed E-state index contributed by atoms with van der Waals surface area (Å²) in [5.74, 6) is 1.64. The first kappa shape index (κ1) is 17.6. The van der Waals surface area contributed by atoms with Gasteiger partial charge in [-0.2, -0.15) is 0 Å². The average Bonchev–Trinajstić information content (AvgIpc) is 3.18. The van der Waals surface area contributed by atoms with Crippen molar-refractivity contribution in [3.8, 4) is 39.9 Å². The minimum atomic E-state index is -0.238. The highest BCUT2D eigenvalue weighted by molar-refractivity contribution is 5.70. The summed E-state index contributed by atoms with van der Waals surface area (Å²) >= 11 is 0. The van der Waals surface area contributed by atoms with Gasteiger partial charge in [-0.15, -0.1) is 0 Å². The van der Waals surface area contributed by atoms with Crippen LogP contribution >= 0.6 is 0 Å². The minimum Gasteiger partial charge on any atom is -0.493 e. The molecule has 0 saturated carbocycles. The molecule has 0 bridgehead atoms. The van der Waals surface area contributed by atoms with Gasteiger partial charge in [-0.3, -0.25) is 9.89 Å². The molecule has 1 aromatic carbocycles. The van der Waals surface area contributed by atoms with Gasteiger partial charge in [-0.05, 0) is 30.3 Å². The van der Waals surface area contributed by atoms with Crippen LogP contribution in [0.5, 0.6) is 17.4 Å². The number of hydrogen-bond donors (Lipinski definition) is 1. The molecule has 0 fully saturated rings. The number of benzene rings is 1. The number of nitrogens with one attached hydrogen (secondary N) is 1. The van der Waals surface area contributed by atoms with E-state index < -0.39 is 0 Å². The first-order valence-electron chi connectivity index (χ1n) is 8.49. The minimum absolute atomic E-state index is 0.238. The van der Waals surface area contributed by atoms with Crippen molar-refractivity contribution >= 4 is 5.65 Å². The molecule has 3 heterocycles. The van der Waals surface area contributed by atoms with Crippen molar-refractivity contribution in [1.29, 1.82) is 0 Å². The van der Waals surface area contributed by atoms with Crippen molar-refractivity contribution in [1.82, 2.24) is 19.6 Å². The number of aromatic amines is 1. The smallest absolute Gasteiger partial charge is 0.273 e. The molecule has 0 amide bonds. The molecular formula is C20H18N4O4. The van der Waals surface area contributed by atoms with Gasteiger partial charge in [0.15, 0.2) is 17.1 Å². The number of pyridine rings is 1. The molecule has 0 atom stereocenters. The molecule has 0 spiro atoms. The highest BCUT2D eigenvalue weighted by Crippen LogP contribution is 2.32. The summed E-state index contributed by atoms with van der Waals surface area (Å²) in [6.07, 6.45) is 1.62. The standard InChI is InChI=1S/C20H18N4O4/c1-26-16-7-6-12(9-17(16)27-2)14-10-18-22-15(11-19(25)24(18)23-14)13-5-4-8-21-20(13)28-3/h4-11,23H,1-3H3. The van der Waals surface area contributed by atoms with Crippen molar-refractivity contribution < 1.29 is 14.2 Å². The Balaban J connectivity index is 1.84. The molecule has 8 heteroatoms. The van der Waals surface area contributed by atoms with Crippen LogP contribution in [-0.4, -0.2) is 40.9 Å². The number of rotatable bonds is 5. The van der Waals surface area contributed by atoms with Gasteiger partial charge in [0.2, 0.25) is 5.88 Å². The van der Waals surface area contributed by atoms with Gasteiger partial charge in [-0.25, -0.2) is 14.5 Å². The molecule has 8 nitrogen and oxygen atoms in total. The largest absolute Gasteiger partial charge is 0.493 e. The molecule has 0 radical (unpaired) electrons. The van der Waals surface area contributed by atoms with Gasteiger partial charge < -0.3 is 14.2 Å². The average molecular weight is 378 g/mol. The Morgan fingerprint density at radius 3 is 2.54 bits per heavy atom. The van der Waals surface area contributed by atoms with E-state index in [0.717, 1.165) is 11.3 Å². The number of fused-ring (bicyclic) bond motifs is 1. The van der Waals surface area contributed by atoms with E-state index in [1.807, 2.05) is 24.3 Å². The fourth-order valence-corrected chi connectivity index (χ4v) is 3.03. The zero-order valence-corrected chi connectivity index (χ0v) is 15.6. The molecule has 3 aromatic heterocycles. The summed E-state index contributed by atoms with van der Waals surface area (Å²) in [5, 5.41) is 3.07. The zero-order chi connectivity index (χ0) is 19.7. The molecule has 0 aliphatic carbocycles. The van der Waals surface area contributed by atoms with Crippen LogP contribution in [0.25, 0.3) is 28.2 Å². The van der Waals surface area contributed by atoms with Crippen LogP contribution < -0.4 is 19.8 Å². The molecule has 142 valence electrons. The van der Waals surface area contributed by atoms with E-state index in [-0.39, 0.29) is 5.56 Å². The molecule has 4 aromatic rings. The van der Waals surface area contributed by atoms with E-state index in [0.29, 0.717) is 34.3 Å². The zero-order valence-electron chi connectivity index (χ0n) is 15.6. The Bertz CT molecular complexity index is 1210. The molecule has 4 rings (SSSR count). The van der Waals surface area contributed by atoms with Gasteiger partial charge in [0.05, 0.1) is 38.3 Å². The monoisotopic (exact) mass is 378 g/mol. The molecule has 28 heavy (non-hydrogen) atoms. The maximum absolute atomic E-state index is 12.6. The van der Waals surface area contributed by atoms with Crippen molar-refractivity contribution in [2.75, 3.05) is 21.3 Å². The van der Waals surface area contributed by atoms with Crippen molar-refractivity contribution in [3.05, 3.63) is 59.0 Å². The first-order chi connectivity index (χ1) is 13.6. The molecule has 0 aliphatic heterocycles. The Hall–Kier alpha value is -3.81. The van der Waals surface area contributed by atoms with Gasteiger partial charge >= 0.3 is 0 Å². The highest BCUT2D eigenvalue weighted by atomic mass is 16.5. The van der Waals surface area contributed by atoms with Crippen LogP contribution in [0.15, 0.2) is 53.5 Å². The summed E-state index contributed by atoms with van der Waals surface area (Å²) in [5.41, 5.74) is 2.95. The first-order valence-corrected chi connectivity index (χ1v) is 8.49. The lowest BCUT2D eigenvalue weighted by Gasteiger charge is -2.08. The van der Waals surface area contributed by atoms with Crippen LogP contribution in [0.4, 0.5) is 0 Å². The maximum Gasteiger partial charge on any atom is 0.273 e. The van der Waals surface area contributed by atoms with E-state index >= 15 is 0 Å². The number of methoxy groups -OCH3 is 3. The second-order valence-corrected chi connectivity index (χ2v) is 5.97. The Labute approximate surface area is 160 Å². The fraction of sp³-hybridized carbons (Fsp3) is 0.150. The third-order valence-electron chi connectivity index (χ3n) is 4.39. The molecule has 0 unspecified atom stereocenters. The summed E-state index contributed by atoms with van der Waals surface area (Å²) < 4.78 is 17.3. The van der Waals surface area contributed by atoms with Gasteiger partial charge in [0.1, 0.15) is 0 Å². The van der Waals surface area contributed by atoms with Crippen LogP contribution in [-0.2, 0) is 0 Å². The summed E-state index contributed by atoms with van der Waals surface area (Å²) in [7, 11) is 4.69. The second-order valence-electron chi connectivity index (χ2n) is 5.97. The van der Waals surface area contributed by atoms with E-state index in [1.165, 1.54) is 17.7 Å². The fourth-order valence-electron chi connectivity index (χ4n) is 3.03. The normalized spacial score (nSPS) is 10.8. The third-order valence-corrected chi connectivity index (χ3v) is 4.39. The Morgan fingerprint density at radius 1 is 0.964 bits per heavy atom. The van der Waals surface area contributed by atoms with Gasteiger partial charge in [-0.1, -0.05) is 0 Å². The predicted octanol–water partition coefficient (Wildman–Crippen LogP) is 2.78. The SMILES string of the molecule is COc1ccc(-c2cc3nc(-c4cccnc4OC)cc(=O)n3[nH]2)cc1OC. The number of hydrogen-bond acceptors (Lipinski definition) is 6. The molecule has 1 N–H and O–H groups in total. The van der Waals surface area contributed by atoms with Crippen molar-refractivity contribution in [2.45, 2.75) is 0 Å². The van der Waals surface area contributed by atoms with Gasteiger partial charge in [0, 0.05) is 23.9 Å². The van der Waals surface area contributed by atoms with Crippen LogP contribution in [0, 0.1) is 0 Å². The second kappa shape index (κ2) is 7.07. The topological polar surface area (TPSA) is 90.7 Å². The van der Waals surface area contributed by atoms with E-state index in [1.54, 1.807) is 32.5 Å².